The summed E-state index contributed by atoms with van der Waals surface area (Å²) in [6.07, 6.45) is 0.410. The van der Waals surface area contributed by atoms with E-state index in [1.165, 1.54) is 11.1 Å². The predicted octanol–water partition coefficient (Wildman–Crippen LogP) is 3.23. The first-order chi connectivity index (χ1) is 9.10. The number of imidazole rings is 1. The molecule has 19 heavy (non-hydrogen) atoms. The molecule has 0 radical (unpaired) electrons. The van der Waals surface area contributed by atoms with Crippen LogP contribution in [0.3, 0.4) is 0 Å². The highest BCUT2D eigenvalue weighted by molar-refractivity contribution is 7.99. The topological polar surface area (TPSA) is 55.0 Å². The quantitative estimate of drug-likeness (QED) is 0.674. The SMILES string of the molecule is CCOC(=O)CCSc1nc2cc(C)c(C)cc2[nH]1. The number of aromatic nitrogens is 2. The maximum absolute atomic E-state index is 11.2. The van der Waals surface area contributed by atoms with E-state index in [1.54, 1.807) is 11.8 Å². The Hall–Kier alpha value is -1.49. The summed E-state index contributed by atoms with van der Waals surface area (Å²) in [5.74, 6) is 0.522. The van der Waals surface area contributed by atoms with Gasteiger partial charge in [-0.2, -0.15) is 0 Å². The second-order valence-electron chi connectivity index (χ2n) is 4.40. The second-order valence-corrected chi connectivity index (χ2v) is 5.48. The molecule has 0 aliphatic rings. The molecular weight excluding hydrogens is 260 g/mol. The van der Waals surface area contributed by atoms with Gasteiger partial charge < -0.3 is 9.72 Å². The molecule has 0 aliphatic carbocycles. The van der Waals surface area contributed by atoms with Crippen LogP contribution in [0.4, 0.5) is 0 Å². The van der Waals surface area contributed by atoms with Gasteiger partial charge >= 0.3 is 5.97 Å². The van der Waals surface area contributed by atoms with Crippen molar-refractivity contribution in [1.29, 1.82) is 0 Å². The van der Waals surface area contributed by atoms with E-state index >= 15 is 0 Å². The fourth-order valence-corrected chi connectivity index (χ4v) is 2.59. The molecule has 2 rings (SSSR count). The smallest absolute Gasteiger partial charge is 0.306 e. The van der Waals surface area contributed by atoms with E-state index in [0.29, 0.717) is 18.8 Å². The van der Waals surface area contributed by atoms with Gasteiger partial charge in [0.1, 0.15) is 0 Å². The van der Waals surface area contributed by atoms with E-state index in [1.807, 2.05) is 6.92 Å². The molecule has 0 aliphatic heterocycles. The van der Waals surface area contributed by atoms with E-state index < -0.39 is 0 Å². The largest absolute Gasteiger partial charge is 0.466 e. The lowest BCUT2D eigenvalue weighted by atomic mass is 10.1. The zero-order valence-corrected chi connectivity index (χ0v) is 12.3. The summed E-state index contributed by atoms with van der Waals surface area (Å²) in [6.45, 7) is 6.42. The van der Waals surface area contributed by atoms with Gasteiger partial charge in [0.25, 0.3) is 0 Å². The summed E-state index contributed by atoms with van der Waals surface area (Å²) in [5.41, 5.74) is 4.50. The van der Waals surface area contributed by atoms with Crippen molar-refractivity contribution in [2.75, 3.05) is 12.4 Å². The lowest BCUT2D eigenvalue weighted by molar-refractivity contribution is -0.142. The number of H-pyrrole nitrogens is 1. The maximum Gasteiger partial charge on any atom is 0.306 e. The molecule has 1 aromatic carbocycles. The van der Waals surface area contributed by atoms with Crippen molar-refractivity contribution in [2.45, 2.75) is 32.3 Å². The minimum Gasteiger partial charge on any atom is -0.466 e. The number of ether oxygens (including phenoxy) is 1. The van der Waals surface area contributed by atoms with Crippen molar-refractivity contribution in [3.63, 3.8) is 0 Å². The molecule has 0 saturated carbocycles. The molecule has 2 aromatic rings. The maximum atomic E-state index is 11.2. The summed E-state index contributed by atoms with van der Waals surface area (Å²) in [4.78, 5) is 19.0. The Morgan fingerprint density at radius 3 is 2.84 bits per heavy atom. The van der Waals surface area contributed by atoms with Gasteiger partial charge in [-0.3, -0.25) is 4.79 Å². The van der Waals surface area contributed by atoms with E-state index in [0.717, 1.165) is 16.2 Å². The number of fused-ring (bicyclic) bond motifs is 1. The van der Waals surface area contributed by atoms with Gasteiger partial charge in [-0.15, -0.1) is 0 Å². The monoisotopic (exact) mass is 278 g/mol. The molecule has 102 valence electrons. The van der Waals surface area contributed by atoms with Crippen molar-refractivity contribution in [3.05, 3.63) is 23.3 Å². The number of esters is 1. The third-order valence-electron chi connectivity index (χ3n) is 2.93. The van der Waals surface area contributed by atoms with Gasteiger partial charge in [-0.1, -0.05) is 11.8 Å². The van der Waals surface area contributed by atoms with Crippen molar-refractivity contribution in [3.8, 4) is 0 Å². The Balaban J connectivity index is 2.00. The standard InChI is InChI=1S/C14H18N2O2S/c1-4-18-13(17)5-6-19-14-15-11-7-9(2)10(3)8-12(11)16-14/h7-8H,4-6H2,1-3H3,(H,15,16). The Morgan fingerprint density at radius 1 is 1.37 bits per heavy atom. The lowest BCUT2D eigenvalue weighted by Crippen LogP contribution is -2.04. The number of rotatable bonds is 5. The van der Waals surface area contributed by atoms with Gasteiger partial charge in [0, 0.05) is 5.75 Å². The molecule has 0 amide bonds. The Morgan fingerprint density at radius 2 is 2.11 bits per heavy atom. The van der Waals surface area contributed by atoms with Crippen LogP contribution in [0.25, 0.3) is 11.0 Å². The Bertz CT molecular complexity index is 553. The first-order valence-electron chi connectivity index (χ1n) is 6.35. The fraction of sp³-hybridized carbons (Fsp3) is 0.429. The third-order valence-corrected chi connectivity index (χ3v) is 3.80. The van der Waals surface area contributed by atoms with Crippen LogP contribution in [-0.4, -0.2) is 28.3 Å². The normalized spacial score (nSPS) is 10.9. The number of carbonyl (C=O) groups is 1. The van der Waals surface area contributed by atoms with Crippen molar-refractivity contribution < 1.29 is 9.53 Å². The highest BCUT2D eigenvalue weighted by atomic mass is 32.2. The summed E-state index contributed by atoms with van der Waals surface area (Å²) < 4.78 is 4.89. The van der Waals surface area contributed by atoms with Crippen LogP contribution in [0.15, 0.2) is 17.3 Å². The van der Waals surface area contributed by atoms with Gasteiger partial charge in [0.05, 0.1) is 24.1 Å². The highest BCUT2D eigenvalue weighted by Gasteiger charge is 2.07. The van der Waals surface area contributed by atoms with Crippen LogP contribution in [0.1, 0.15) is 24.5 Å². The summed E-state index contributed by atoms with van der Waals surface area (Å²) in [6, 6.07) is 4.18. The van der Waals surface area contributed by atoms with Crippen LogP contribution in [0.5, 0.6) is 0 Å². The minimum atomic E-state index is -0.155. The summed E-state index contributed by atoms with van der Waals surface area (Å²) in [7, 11) is 0. The molecule has 5 heteroatoms. The lowest BCUT2D eigenvalue weighted by Gasteiger charge is -1.99. The third kappa shape index (κ3) is 3.50. The fourth-order valence-electron chi connectivity index (χ4n) is 1.78. The summed E-state index contributed by atoms with van der Waals surface area (Å²) >= 11 is 1.54. The molecule has 0 bridgehead atoms. The Labute approximate surface area is 116 Å². The number of nitrogens with one attached hydrogen (secondary N) is 1. The van der Waals surface area contributed by atoms with Crippen LogP contribution in [0.2, 0.25) is 0 Å². The van der Waals surface area contributed by atoms with Crippen LogP contribution >= 0.6 is 11.8 Å². The van der Waals surface area contributed by atoms with Gasteiger partial charge in [0.15, 0.2) is 5.16 Å². The van der Waals surface area contributed by atoms with Gasteiger partial charge in [-0.25, -0.2) is 4.98 Å². The second kappa shape index (κ2) is 6.10. The number of thioether (sulfide) groups is 1. The molecule has 1 N–H and O–H groups in total. The minimum absolute atomic E-state index is 0.155. The first kappa shape index (κ1) is 13.9. The van der Waals surface area contributed by atoms with Crippen LogP contribution in [-0.2, 0) is 9.53 Å². The van der Waals surface area contributed by atoms with Gasteiger partial charge in [-0.05, 0) is 44.0 Å². The van der Waals surface area contributed by atoms with E-state index in [2.05, 4.69) is 35.9 Å². The number of nitrogens with zero attached hydrogens (tertiary/aromatic N) is 1. The summed E-state index contributed by atoms with van der Waals surface area (Å²) in [5, 5.41) is 0.851. The average molecular weight is 278 g/mol. The van der Waals surface area contributed by atoms with Crippen molar-refractivity contribution in [1.82, 2.24) is 9.97 Å². The number of aryl methyl sites for hydroxylation is 2. The zero-order valence-electron chi connectivity index (χ0n) is 11.4. The van der Waals surface area contributed by atoms with Gasteiger partial charge in [0.2, 0.25) is 0 Å². The molecule has 0 unspecified atom stereocenters. The van der Waals surface area contributed by atoms with Crippen molar-refractivity contribution >= 4 is 28.8 Å². The molecule has 0 saturated heterocycles. The number of aromatic amines is 1. The molecule has 0 fully saturated rings. The van der Waals surface area contributed by atoms with E-state index in [-0.39, 0.29) is 5.97 Å². The number of carbonyl (C=O) groups excluding carboxylic acids is 1. The molecule has 0 spiro atoms. The zero-order chi connectivity index (χ0) is 13.8. The van der Waals surface area contributed by atoms with E-state index in [4.69, 9.17) is 4.74 Å². The molecule has 4 nitrogen and oxygen atoms in total. The molecule has 1 heterocycles. The number of benzene rings is 1. The Kier molecular flexibility index (Phi) is 4.47. The molecular formula is C14H18N2O2S. The van der Waals surface area contributed by atoms with Crippen molar-refractivity contribution in [2.24, 2.45) is 0 Å². The number of hydrogen-bond donors (Lipinski definition) is 1. The van der Waals surface area contributed by atoms with Crippen LogP contribution in [0, 0.1) is 13.8 Å². The molecule has 0 atom stereocenters. The predicted molar refractivity (Wildman–Crippen MR) is 77.5 cm³/mol. The van der Waals surface area contributed by atoms with Crippen LogP contribution < -0.4 is 0 Å². The first-order valence-corrected chi connectivity index (χ1v) is 7.34. The molecule has 1 aromatic heterocycles. The average Bonchev–Trinajstić information content (AvgIpc) is 2.72. The van der Waals surface area contributed by atoms with E-state index in [9.17, 15) is 4.79 Å². The number of hydrogen-bond acceptors (Lipinski definition) is 4. The highest BCUT2D eigenvalue weighted by Crippen LogP contribution is 2.22.